The number of nitriles is 1. The van der Waals surface area contributed by atoms with Gasteiger partial charge in [0.05, 0.1) is 30.8 Å². The van der Waals surface area contributed by atoms with Gasteiger partial charge in [0.15, 0.2) is 0 Å². The summed E-state index contributed by atoms with van der Waals surface area (Å²) in [4.78, 5) is 11.5. The fourth-order valence-corrected chi connectivity index (χ4v) is 6.73. The van der Waals surface area contributed by atoms with Crippen LogP contribution in [0.5, 0.6) is 17.2 Å². The minimum absolute atomic E-state index is 0.151. The van der Waals surface area contributed by atoms with Gasteiger partial charge in [-0.2, -0.15) is 5.26 Å². The number of nitrogens with zero attached hydrogens (tertiary/aromatic N) is 1. The lowest BCUT2D eigenvalue weighted by atomic mass is 9.87. The molecule has 42 heavy (non-hydrogen) atoms. The van der Waals surface area contributed by atoms with Gasteiger partial charge in [-0.3, -0.25) is 4.79 Å². The van der Waals surface area contributed by atoms with E-state index in [1.54, 1.807) is 6.92 Å². The first-order valence-electron chi connectivity index (χ1n) is 14.9. The number of aliphatic carboxylic acids is 1. The monoisotopic (exact) mass is 567 g/mol. The average Bonchev–Trinajstić information content (AvgIpc) is 3.60. The molecule has 0 bridgehead atoms. The molecule has 1 saturated heterocycles. The molecule has 3 aliphatic rings. The van der Waals surface area contributed by atoms with Gasteiger partial charge in [0.25, 0.3) is 0 Å². The number of hydrogen-bond acceptors (Lipinski definition) is 6. The van der Waals surface area contributed by atoms with E-state index >= 15 is 0 Å². The zero-order valence-electron chi connectivity index (χ0n) is 24.4. The van der Waals surface area contributed by atoms with Crippen molar-refractivity contribution in [2.24, 2.45) is 11.8 Å². The molecule has 0 amide bonds. The largest absolute Gasteiger partial charge is 0.493 e. The Bertz CT molecular complexity index is 1530. The van der Waals surface area contributed by atoms with Crippen LogP contribution in [-0.4, -0.2) is 37.5 Å². The standard InChI is InChI=1S/C35H37NO6/c1-20-14-26(40-18-23-10-12-39-13-11-23)15-21(2)33(20)34-24(17-36)4-6-27-29(34)8-9-31(27)42-25-5-7-28-30(22(3)35(37)38)19-41-32(28)16-25/h4-7,14-16,22-23,30-31H,8-13,18-19H2,1-3H3,(H,37,38)/t22?,30-,31+/m0/s1. The third-order valence-electron chi connectivity index (χ3n) is 9.13. The number of carboxylic acid groups (broad SMARTS) is 1. The smallest absolute Gasteiger partial charge is 0.306 e. The summed E-state index contributed by atoms with van der Waals surface area (Å²) >= 11 is 0. The Hall–Kier alpha value is -4.02. The van der Waals surface area contributed by atoms with Gasteiger partial charge >= 0.3 is 5.97 Å². The second-order valence-corrected chi connectivity index (χ2v) is 11.9. The number of carboxylic acids is 1. The maximum atomic E-state index is 11.5. The molecule has 7 nitrogen and oxygen atoms in total. The van der Waals surface area contributed by atoms with Crippen molar-refractivity contribution in [1.29, 1.82) is 5.26 Å². The molecule has 218 valence electrons. The average molecular weight is 568 g/mol. The van der Waals surface area contributed by atoms with E-state index in [4.69, 9.17) is 18.9 Å². The molecule has 2 heterocycles. The summed E-state index contributed by atoms with van der Waals surface area (Å²) in [6, 6.07) is 16.3. The third-order valence-corrected chi connectivity index (χ3v) is 9.13. The SMILES string of the molecule is Cc1cc(OCC2CCOCC2)cc(C)c1-c1c(C#N)ccc2c1CC[C@H]2Oc1ccc2c(c1)OC[C@H]2C(C)C(=O)O. The van der Waals surface area contributed by atoms with Gasteiger partial charge in [-0.15, -0.1) is 0 Å². The zero-order valence-corrected chi connectivity index (χ0v) is 24.4. The highest BCUT2D eigenvalue weighted by atomic mass is 16.5. The Labute approximate surface area is 247 Å². The van der Waals surface area contributed by atoms with Crippen LogP contribution in [0.4, 0.5) is 0 Å². The van der Waals surface area contributed by atoms with Crippen molar-refractivity contribution in [2.75, 3.05) is 26.4 Å². The molecule has 0 spiro atoms. The van der Waals surface area contributed by atoms with E-state index in [1.165, 1.54) is 0 Å². The molecule has 1 N–H and O–H groups in total. The Morgan fingerprint density at radius 2 is 1.76 bits per heavy atom. The zero-order chi connectivity index (χ0) is 29.4. The van der Waals surface area contributed by atoms with Crippen LogP contribution in [0.15, 0.2) is 42.5 Å². The van der Waals surface area contributed by atoms with Crippen molar-refractivity contribution < 1.29 is 28.8 Å². The molecule has 0 aromatic heterocycles. The molecule has 3 aromatic rings. The van der Waals surface area contributed by atoms with Crippen LogP contribution in [0.1, 0.15) is 71.6 Å². The number of ether oxygens (including phenoxy) is 4. The van der Waals surface area contributed by atoms with E-state index in [9.17, 15) is 15.2 Å². The Balaban J connectivity index is 1.25. The van der Waals surface area contributed by atoms with Crippen molar-refractivity contribution in [3.8, 4) is 34.4 Å². The van der Waals surface area contributed by atoms with E-state index < -0.39 is 11.9 Å². The van der Waals surface area contributed by atoms with Gasteiger partial charge in [-0.1, -0.05) is 19.1 Å². The number of hydrogen-bond donors (Lipinski definition) is 1. The Morgan fingerprint density at radius 1 is 1.02 bits per heavy atom. The van der Waals surface area contributed by atoms with Crippen LogP contribution >= 0.6 is 0 Å². The maximum absolute atomic E-state index is 11.5. The van der Waals surface area contributed by atoms with Crippen LogP contribution in [0.3, 0.4) is 0 Å². The van der Waals surface area contributed by atoms with Crippen molar-refractivity contribution in [2.45, 2.75) is 58.5 Å². The van der Waals surface area contributed by atoms with Crippen molar-refractivity contribution in [1.82, 2.24) is 0 Å². The molecule has 7 heteroatoms. The fraction of sp³-hybridized carbons (Fsp3) is 0.429. The number of carbonyl (C=O) groups is 1. The highest BCUT2D eigenvalue weighted by Gasteiger charge is 2.34. The molecule has 1 fully saturated rings. The predicted molar refractivity (Wildman–Crippen MR) is 158 cm³/mol. The number of aryl methyl sites for hydroxylation is 2. The first kappa shape index (κ1) is 28.1. The van der Waals surface area contributed by atoms with E-state index in [2.05, 4.69) is 32.0 Å². The number of fused-ring (bicyclic) bond motifs is 2. The van der Waals surface area contributed by atoms with Gasteiger partial charge < -0.3 is 24.1 Å². The van der Waals surface area contributed by atoms with Gasteiger partial charge in [0.1, 0.15) is 23.4 Å². The fourth-order valence-electron chi connectivity index (χ4n) is 6.73. The maximum Gasteiger partial charge on any atom is 0.306 e. The lowest BCUT2D eigenvalue weighted by Crippen LogP contribution is -2.21. The molecule has 2 aliphatic heterocycles. The highest BCUT2D eigenvalue weighted by molar-refractivity contribution is 5.81. The van der Waals surface area contributed by atoms with Gasteiger partial charge in [0, 0.05) is 36.3 Å². The van der Waals surface area contributed by atoms with E-state index in [-0.39, 0.29) is 12.0 Å². The summed E-state index contributed by atoms with van der Waals surface area (Å²) in [5.74, 6) is 1.25. The first-order valence-corrected chi connectivity index (χ1v) is 14.9. The van der Waals surface area contributed by atoms with Crippen LogP contribution in [-0.2, 0) is 16.0 Å². The van der Waals surface area contributed by atoms with Crippen molar-refractivity contribution in [3.05, 3.63) is 75.8 Å². The molecule has 6 rings (SSSR count). The molecule has 1 aliphatic carbocycles. The van der Waals surface area contributed by atoms with Crippen LogP contribution in [0.25, 0.3) is 11.1 Å². The second kappa shape index (κ2) is 11.7. The molecule has 3 aromatic carbocycles. The predicted octanol–water partition coefficient (Wildman–Crippen LogP) is 6.91. The minimum Gasteiger partial charge on any atom is -0.493 e. The van der Waals surface area contributed by atoms with Crippen molar-refractivity contribution >= 4 is 5.97 Å². The first-order chi connectivity index (χ1) is 20.3. The number of rotatable bonds is 8. The lowest BCUT2D eigenvalue weighted by Gasteiger charge is -2.23. The Kier molecular flexibility index (Phi) is 7.83. The topological polar surface area (TPSA) is 98.0 Å². The molecule has 0 radical (unpaired) electrons. The van der Waals surface area contributed by atoms with E-state index in [0.717, 1.165) is 83.6 Å². The minimum atomic E-state index is -0.825. The summed E-state index contributed by atoms with van der Waals surface area (Å²) in [6.07, 6.45) is 3.53. The summed E-state index contributed by atoms with van der Waals surface area (Å²) in [5.41, 5.74) is 8.11. The van der Waals surface area contributed by atoms with Gasteiger partial charge in [-0.05, 0) is 97.5 Å². The van der Waals surface area contributed by atoms with Gasteiger partial charge in [-0.25, -0.2) is 0 Å². The summed E-state index contributed by atoms with van der Waals surface area (Å²) < 4.78 is 24.0. The quantitative estimate of drug-likeness (QED) is 0.316. The van der Waals surface area contributed by atoms with Crippen LogP contribution in [0.2, 0.25) is 0 Å². The highest BCUT2D eigenvalue weighted by Crippen LogP contribution is 2.46. The molecule has 3 atom stereocenters. The summed E-state index contributed by atoms with van der Waals surface area (Å²) in [7, 11) is 0. The van der Waals surface area contributed by atoms with E-state index in [0.29, 0.717) is 36.2 Å². The van der Waals surface area contributed by atoms with Gasteiger partial charge in [0.2, 0.25) is 0 Å². The molecular formula is C35H37NO6. The van der Waals surface area contributed by atoms with Crippen LogP contribution < -0.4 is 14.2 Å². The molecule has 1 unspecified atom stereocenters. The second-order valence-electron chi connectivity index (χ2n) is 11.9. The Morgan fingerprint density at radius 3 is 2.48 bits per heavy atom. The normalized spacial score (nSPS) is 20.2. The van der Waals surface area contributed by atoms with E-state index in [1.807, 2.05) is 30.3 Å². The third kappa shape index (κ3) is 5.32. The van der Waals surface area contributed by atoms with Crippen LogP contribution in [0, 0.1) is 37.0 Å². The number of benzene rings is 3. The lowest BCUT2D eigenvalue weighted by molar-refractivity contribution is -0.142. The molecule has 0 saturated carbocycles. The molecular weight excluding hydrogens is 530 g/mol. The van der Waals surface area contributed by atoms with Crippen molar-refractivity contribution in [3.63, 3.8) is 0 Å². The summed E-state index contributed by atoms with van der Waals surface area (Å²) in [6.45, 7) is 8.56. The summed E-state index contributed by atoms with van der Waals surface area (Å²) in [5, 5.41) is 19.6.